The molecular formula is C36H44N2O7. The fraction of sp³-hybridized carbons (Fsp3) is 0.583. The van der Waals surface area contributed by atoms with Gasteiger partial charge in [0.25, 0.3) is 0 Å². The van der Waals surface area contributed by atoms with Crippen LogP contribution in [0.2, 0.25) is 0 Å². The highest BCUT2D eigenvalue weighted by atomic mass is 16.6. The number of likely N-dealkylation sites (tertiary alicyclic amines) is 1. The highest BCUT2D eigenvalue weighted by molar-refractivity contribution is 5.79. The van der Waals surface area contributed by atoms with E-state index >= 15 is 0 Å². The van der Waals surface area contributed by atoms with E-state index in [1.54, 1.807) is 14.2 Å². The number of rotatable bonds is 8. The number of ether oxygens (including phenoxy) is 3. The molecule has 1 saturated heterocycles. The number of benzene rings is 2. The Bertz CT molecular complexity index is 1450. The van der Waals surface area contributed by atoms with Crippen LogP contribution in [-0.2, 0) is 26.3 Å². The molecule has 4 unspecified atom stereocenters. The normalized spacial score (nSPS) is 30.5. The second-order valence-electron chi connectivity index (χ2n) is 14.4. The number of methoxy groups -OCH3 is 2. The maximum atomic E-state index is 13.6. The number of carboxylic acid groups (broad SMARTS) is 1. The first kappa shape index (κ1) is 29.9. The molecule has 4 atom stereocenters. The molecule has 1 aliphatic heterocycles. The maximum absolute atomic E-state index is 13.6. The van der Waals surface area contributed by atoms with Gasteiger partial charge in [0, 0.05) is 31.6 Å². The fourth-order valence-electron chi connectivity index (χ4n) is 9.84. The highest BCUT2D eigenvalue weighted by Crippen LogP contribution is 2.65. The van der Waals surface area contributed by atoms with E-state index in [1.807, 2.05) is 35.2 Å². The van der Waals surface area contributed by atoms with E-state index in [1.165, 1.54) is 5.56 Å². The quantitative estimate of drug-likeness (QED) is 0.394. The van der Waals surface area contributed by atoms with Gasteiger partial charge in [0.15, 0.2) is 0 Å². The van der Waals surface area contributed by atoms with E-state index in [9.17, 15) is 19.5 Å². The van der Waals surface area contributed by atoms with Gasteiger partial charge in [-0.2, -0.15) is 0 Å². The van der Waals surface area contributed by atoms with Gasteiger partial charge in [-0.05, 0) is 109 Å². The second kappa shape index (κ2) is 11.6. The summed E-state index contributed by atoms with van der Waals surface area (Å²) in [5.74, 6) is 1.20. The fourth-order valence-corrected chi connectivity index (χ4v) is 9.84. The molecule has 9 nitrogen and oxygen atoms in total. The number of hydrogen-bond acceptors (Lipinski definition) is 6. The van der Waals surface area contributed by atoms with Gasteiger partial charge in [-0.15, -0.1) is 0 Å². The van der Waals surface area contributed by atoms with Crippen molar-refractivity contribution in [2.24, 2.45) is 23.2 Å². The van der Waals surface area contributed by atoms with Crippen molar-refractivity contribution in [1.29, 1.82) is 0 Å². The van der Waals surface area contributed by atoms with E-state index in [-0.39, 0.29) is 53.1 Å². The van der Waals surface area contributed by atoms with Crippen molar-refractivity contribution in [2.45, 2.75) is 81.8 Å². The smallest absolute Gasteiger partial charge is 0.410 e. The average Bonchev–Trinajstić information content (AvgIpc) is 3.32. The molecule has 0 aromatic heterocycles. The van der Waals surface area contributed by atoms with E-state index in [4.69, 9.17) is 14.2 Å². The summed E-state index contributed by atoms with van der Waals surface area (Å²) >= 11 is 0. The zero-order valence-corrected chi connectivity index (χ0v) is 26.3. The van der Waals surface area contributed by atoms with Gasteiger partial charge in [-0.3, -0.25) is 9.59 Å². The van der Waals surface area contributed by atoms with E-state index in [0.717, 1.165) is 62.5 Å². The summed E-state index contributed by atoms with van der Waals surface area (Å²) in [6, 6.07) is 13.9. The molecule has 0 radical (unpaired) electrons. The van der Waals surface area contributed by atoms with E-state index < -0.39 is 5.97 Å². The van der Waals surface area contributed by atoms with Crippen LogP contribution in [-0.4, -0.2) is 61.4 Å². The number of piperidine rings is 1. The SMILES string of the molecule is COc1cc(CNC(=O)C2CC3CC4(C2)CC(C4)C3OC(=O)N2CCC3(CC2)CC(CC(=O)O)c2ccccc23)cc(OC)c1. The van der Waals surface area contributed by atoms with Crippen molar-refractivity contribution in [3.05, 3.63) is 59.2 Å². The van der Waals surface area contributed by atoms with Crippen molar-refractivity contribution in [2.75, 3.05) is 27.3 Å². The summed E-state index contributed by atoms with van der Waals surface area (Å²) in [5, 5.41) is 12.6. The number of carbonyl (C=O) groups excluding carboxylic acids is 2. The Morgan fingerprint density at radius 1 is 0.933 bits per heavy atom. The molecule has 4 saturated carbocycles. The third kappa shape index (κ3) is 5.52. The van der Waals surface area contributed by atoms with Crippen LogP contribution in [0.4, 0.5) is 4.79 Å². The van der Waals surface area contributed by atoms with Crippen LogP contribution in [0.25, 0.3) is 0 Å². The van der Waals surface area contributed by atoms with Crippen molar-refractivity contribution in [3.8, 4) is 11.5 Å². The highest BCUT2D eigenvalue weighted by Gasteiger charge is 2.61. The number of fused-ring (bicyclic) bond motifs is 2. The Labute approximate surface area is 264 Å². The zero-order chi connectivity index (χ0) is 31.3. The number of hydrogen-bond donors (Lipinski definition) is 2. The molecule has 2 N–H and O–H groups in total. The topological polar surface area (TPSA) is 114 Å². The number of carbonyl (C=O) groups is 3. The molecule has 5 aliphatic carbocycles. The molecule has 3 bridgehead atoms. The Morgan fingerprint density at radius 2 is 1.62 bits per heavy atom. The van der Waals surface area contributed by atoms with Crippen LogP contribution in [0, 0.1) is 23.2 Å². The first-order valence-corrected chi connectivity index (χ1v) is 16.5. The Hall–Kier alpha value is -3.75. The van der Waals surface area contributed by atoms with Crippen molar-refractivity contribution < 1.29 is 33.7 Å². The van der Waals surface area contributed by atoms with Gasteiger partial charge in [0.2, 0.25) is 5.91 Å². The van der Waals surface area contributed by atoms with Crippen molar-refractivity contribution >= 4 is 18.0 Å². The summed E-state index contributed by atoms with van der Waals surface area (Å²) in [6.45, 7) is 1.62. The van der Waals surface area contributed by atoms with E-state index in [0.29, 0.717) is 37.1 Å². The third-order valence-corrected chi connectivity index (χ3v) is 11.8. The van der Waals surface area contributed by atoms with Gasteiger partial charge in [0.1, 0.15) is 17.6 Å². The van der Waals surface area contributed by atoms with Gasteiger partial charge in [-0.1, -0.05) is 24.3 Å². The summed E-state index contributed by atoms with van der Waals surface area (Å²) in [7, 11) is 3.23. The maximum Gasteiger partial charge on any atom is 0.410 e. The number of nitrogens with one attached hydrogen (secondary N) is 1. The summed E-state index contributed by atoms with van der Waals surface area (Å²) < 4.78 is 17.1. The predicted octanol–water partition coefficient (Wildman–Crippen LogP) is 5.65. The Morgan fingerprint density at radius 3 is 2.31 bits per heavy atom. The third-order valence-electron chi connectivity index (χ3n) is 11.8. The van der Waals surface area contributed by atoms with Crippen molar-refractivity contribution in [3.63, 3.8) is 0 Å². The predicted molar refractivity (Wildman–Crippen MR) is 166 cm³/mol. The Kier molecular flexibility index (Phi) is 7.69. The lowest BCUT2D eigenvalue weighted by Gasteiger charge is -2.62. The molecule has 6 aliphatic rings. The number of carboxylic acids is 1. The molecule has 45 heavy (non-hydrogen) atoms. The molecule has 240 valence electrons. The lowest BCUT2D eigenvalue weighted by Crippen LogP contribution is -2.60. The first-order chi connectivity index (χ1) is 21.7. The zero-order valence-electron chi connectivity index (χ0n) is 26.3. The largest absolute Gasteiger partial charge is 0.497 e. The summed E-state index contributed by atoms with van der Waals surface area (Å²) in [5.41, 5.74) is 3.47. The minimum Gasteiger partial charge on any atom is -0.497 e. The molecule has 2 aromatic rings. The van der Waals surface area contributed by atoms with Crippen LogP contribution in [0.5, 0.6) is 11.5 Å². The van der Waals surface area contributed by atoms with E-state index in [2.05, 4.69) is 17.4 Å². The van der Waals surface area contributed by atoms with Gasteiger partial charge in [-0.25, -0.2) is 4.79 Å². The number of aliphatic carboxylic acids is 1. The average molecular weight is 617 g/mol. The van der Waals surface area contributed by atoms with Gasteiger partial charge < -0.3 is 29.5 Å². The monoisotopic (exact) mass is 616 g/mol. The molecular weight excluding hydrogens is 572 g/mol. The van der Waals surface area contributed by atoms with Gasteiger partial charge in [0.05, 0.1) is 20.6 Å². The van der Waals surface area contributed by atoms with Crippen LogP contribution < -0.4 is 14.8 Å². The van der Waals surface area contributed by atoms with Crippen LogP contribution in [0.15, 0.2) is 42.5 Å². The summed E-state index contributed by atoms with van der Waals surface area (Å²) in [6.07, 6.45) is 6.98. The van der Waals surface area contributed by atoms with Crippen molar-refractivity contribution in [1.82, 2.24) is 10.2 Å². The van der Waals surface area contributed by atoms with Crippen LogP contribution >= 0.6 is 0 Å². The lowest BCUT2D eigenvalue weighted by molar-refractivity contribution is -0.176. The molecule has 8 rings (SSSR count). The standard InChI is InChI=1S/C36H44N2O7/c1-43-27-11-22(12-28(15-27)44-2)21-37-33(41)25-13-24-16-35(17-25)18-26(19-35)32(24)45-34(42)38-9-7-36(8-10-38)20-23(14-31(39)40)29-5-3-4-6-30(29)36/h3-6,11-12,15,23-26,32H,7-10,13-14,16-21H2,1-2H3,(H,37,41)(H,39,40). The second-order valence-corrected chi connectivity index (χ2v) is 14.4. The Balaban J connectivity index is 0.960. The molecule has 9 heteroatoms. The molecule has 5 fully saturated rings. The van der Waals surface area contributed by atoms with Crippen LogP contribution in [0.3, 0.4) is 0 Å². The minimum atomic E-state index is -0.764. The van der Waals surface area contributed by atoms with Crippen LogP contribution in [0.1, 0.15) is 80.4 Å². The first-order valence-electron chi connectivity index (χ1n) is 16.5. The number of amides is 2. The number of nitrogens with zero attached hydrogens (tertiary/aromatic N) is 1. The lowest BCUT2D eigenvalue weighted by atomic mass is 9.44. The van der Waals surface area contributed by atoms with Gasteiger partial charge >= 0.3 is 12.1 Å². The minimum absolute atomic E-state index is 0.0214. The summed E-state index contributed by atoms with van der Waals surface area (Å²) in [4.78, 5) is 40.4. The molecule has 1 heterocycles. The molecule has 2 amide bonds. The molecule has 2 spiro atoms. The molecule has 2 aromatic carbocycles.